The van der Waals surface area contributed by atoms with Gasteiger partial charge in [-0.2, -0.15) is 0 Å². The summed E-state index contributed by atoms with van der Waals surface area (Å²) in [5, 5.41) is 11.8. The number of piperidine rings is 1. The summed E-state index contributed by atoms with van der Waals surface area (Å²) in [7, 11) is 0. The minimum absolute atomic E-state index is 0.0565. The van der Waals surface area contributed by atoms with Gasteiger partial charge in [0.25, 0.3) is 0 Å². The molecule has 4 heterocycles. The van der Waals surface area contributed by atoms with Crippen LogP contribution < -0.4 is 19.7 Å². The van der Waals surface area contributed by atoms with Crippen molar-refractivity contribution in [2.45, 2.75) is 26.3 Å². The maximum Gasteiger partial charge on any atom is 0.231 e. The van der Waals surface area contributed by atoms with Gasteiger partial charge in [-0.05, 0) is 49.6 Å². The van der Waals surface area contributed by atoms with Crippen molar-refractivity contribution in [3.05, 3.63) is 54.1 Å². The Morgan fingerprint density at radius 2 is 2.00 bits per heavy atom. The topological polar surface area (TPSA) is 94.4 Å². The smallest absolute Gasteiger partial charge is 0.231 e. The number of carbonyl (C=O) groups is 1. The number of nitrogens with one attached hydrogen (secondary N) is 1. The Morgan fingerprint density at radius 1 is 1.16 bits per heavy atom. The van der Waals surface area contributed by atoms with Gasteiger partial charge in [0, 0.05) is 32.0 Å². The lowest BCUT2D eigenvalue weighted by atomic mass is 9.97. The maximum absolute atomic E-state index is 12.8. The number of aromatic nitrogens is 4. The highest BCUT2D eigenvalue weighted by Gasteiger charge is 2.27. The summed E-state index contributed by atoms with van der Waals surface area (Å²) in [4.78, 5) is 19.1. The molecule has 1 aromatic carbocycles. The van der Waals surface area contributed by atoms with Gasteiger partial charge in [0.1, 0.15) is 5.82 Å². The molecule has 1 atom stereocenters. The van der Waals surface area contributed by atoms with Crippen molar-refractivity contribution in [1.29, 1.82) is 0 Å². The van der Waals surface area contributed by atoms with Gasteiger partial charge in [-0.3, -0.25) is 9.36 Å². The maximum atomic E-state index is 12.8. The van der Waals surface area contributed by atoms with Crippen molar-refractivity contribution in [2.24, 2.45) is 5.92 Å². The van der Waals surface area contributed by atoms with Gasteiger partial charge in [0.05, 0.1) is 5.92 Å². The van der Waals surface area contributed by atoms with Crippen LogP contribution in [0.3, 0.4) is 0 Å². The number of carbonyl (C=O) groups excluding carboxylic acids is 1. The number of benzene rings is 1. The summed E-state index contributed by atoms with van der Waals surface area (Å²) in [6, 6.07) is 9.61. The quantitative estimate of drug-likeness (QED) is 0.676. The van der Waals surface area contributed by atoms with Crippen LogP contribution in [0.15, 0.2) is 42.7 Å². The van der Waals surface area contributed by atoms with E-state index < -0.39 is 0 Å². The zero-order valence-corrected chi connectivity index (χ0v) is 17.3. The predicted octanol–water partition coefficient (Wildman–Crippen LogP) is 2.23. The largest absolute Gasteiger partial charge is 0.454 e. The lowest BCUT2D eigenvalue weighted by Gasteiger charge is -2.32. The molecule has 31 heavy (non-hydrogen) atoms. The van der Waals surface area contributed by atoms with Gasteiger partial charge in [-0.15, -0.1) is 10.2 Å². The van der Waals surface area contributed by atoms with Gasteiger partial charge in [-0.1, -0.05) is 6.07 Å². The number of fused-ring (bicyclic) bond motifs is 1. The Balaban J connectivity index is 1.20. The van der Waals surface area contributed by atoms with Crippen LogP contribution in [-0.4, -0.2) is 45.5 Å². The van der Waals surface area contributed by atoms with E-state index in [1.807, 2.05) is 48.0 Å². The zero-order chi connectivity index (χ0) is 21.2. The highest BCUT2D eigenvalue weighted by Crippen LogP contribution is 2.32. The van der Waals surface area contributed by atoms with Crippen molar-refractivity contribution in [2.75, 3.05) is 24.8 Å². The van der Waals surface area contributed by atoms with Crippen molar-refractivity contribution in [1.82, 2.24) is 25.1 Å². The number of amides is 1. The van der Waals surface area contributed by atoms with E-state index in [1.54, 1.807) is 6.20 Å². The predicted molar refractivity (Wildman–Crippen MR) is 113 cm³/mol. The number of ether oxygens (including phenoxy) is 2. The molecule has 2 aromatic heterocycles. The minimum atomic E-state index is -0.0832. The highest BCUT2D eigenvalue weighted by atomic mass is 16.7. The van der Waals surface area contributed by atoms with Crippen LogP contribution in [0, 0.1) is 12.8 Å². The van der Waals surface area contributed by atoms with Crippen LogP contribution in [0.5, 0.6) is 11.5 Å². The molecule has 0 radical (unpaired) electrons. The first-order chi connectivity index (χ1) is 15.2. The Hall–Kier alpha value is -3.62. The molecule has 1 amide bonds. The van der Waals surface area contributed by atoms with Gasteiger partial charge >= 0.3 is 0 Å². The molecule has 0 bridgehead atoms. The summed E-state index contributed by atoms with van der Waals surface area (Å²) in [5.41, 5.74) is 0.988. The van der Waals surface area contributed by atoms with E-state index in [-0.39, 0.29) is 18.6 Å². The molecule has 1 N–H and O–H groups in total. The first-order valence-electron chi connectivity index (χ1n) is 10.4. The van der Waals surface area contributed by atoms with Crippen LogP contribution >= 0.6 is 0 Å². The number of hydrogen-bond acceptors (Lipinski definition) is 7. The first kappa shape index (κ1) is 19.3. The van der Waals surface area contributed by atoms with Crippen LogP contribution in [-0.2, 0) is 11.3 Å². The van der Waals surface area contributed by atoms with E-state index in [2.05, 4.69) is 25.4 Å². The van der Waals surface area contributed by atoms with Crippen LogP contribution in [0.25, 0.3) is 5.82 Å². The van der Waals surface area contributed by atoms with Gasteiger partial charge < -0.3 is 19.7 Å². The van der Waals surface area contributed by atoms with Gasteiger partial charge in [-0.25, -0.2) is 4.98 Å². The number of imidazole rings is 1. The van der Waals surface area contributed by atoms with Crippen molar-refractivity contribution in [3.63, 3.8) is 0 Å². The van der Waals surface area contributed by atoms with Gasteiger partial charge in [0.15, 0.2) is 23.1 Å². The minimum Gasteiger partial charge on any atom is -0.454 e. The Labute approximate surface area is 180 Å². The number of nitrogens with zero attached hydrogens (tertiary/aromatic N) is 5. The van der Waals surface area contributed by atoms with E-state index in [9.17, 15) is 4.79 Å². The normalized spacial score (nSPS) is 17.6. The fraction of sp³-hybridized carbons (Fsp3) is 0.364. The number of hydrogen-bond donors (Lipinski definition) is 1. The Bertz CT molecular complexity index is 1080. The van der Waals surface area contributed by atoms with E-state index in [0.717, 1.165) is 53.9 Å². The molecule has 0 spiro atoms. The third-order valence-corrected chi connectivity index (χ3v) is 5.73. The number of aryl methyl sites for hydroxylation is 1. The molecule has 0 saturated carbocycles. The lowest BCUT2D eigenvalue weighted by molar-refractivity contribution is -0.125. The van der Waals surface area contributed by atoms with E-state index >= 15 is 0 Å². The van der Waals surface area contributed by atoms with E-state index in [4.69, 9.17) is 9.47 Å². The monoisotopic (exact) mass is 420 g/mol. The molecule has 160 valence electrons. The van der Waals surface area contributed by atoms with Gasteiger partial charge in [0.2, 0.25) is 12.7 Å². The SMILES string of the molecule is Cc1nccn1-c1ccc(N2CCCC(C(=O)NCc3ccc4c(c3)OCO4)C2)nn1. The molecule has 0 aliphatic carbocycles. The fourth-order valence-corrected chi connectivity index (χ4v) is 4.02. The molecule has 3 aromatic rings. The van der Waals surface area contributed by atoms with E-state index in [0.29, 0.717) is 13.1 Å². The summed E-state index contributed by atoms with van der Waals surface area (Å²) in [5.74, 6) is 3.82. The second-order valence-electron chi connectivity index (χ2n) is 7.78. The molecule has 9 heteroatoms. The molecule has 2 aliphatic rings. The van der Waals surface area contributed by atoms with E-state index in [1.165, 1.54) is 0 Å². The number of rotatable bonds is 5. The summed E-state index contributed by atoms with van der Waals surface area (Å²) >= 11 is 0. The molecule has 5 rings (SSSR count). The molecule has 2 aliphatic heterocycles. The summed E-state index contributed by atoms with van der Waals surface area (Å²) in [6.07, 6.45) is 5.40. The third-order valence-electron chi connectivity index (χ3n) is 5.73. The lowest BCUT2D eigenvalue weighted by Crippen LogP contribution is -2.43. The Morgan fingerprint density at radius 3 is 2.81 bits per heavy atom. The van der Waals surface area contributed by atoms with Crippen LogP contribution in [0.2, 0.25) is 0 Å². The first-order valence-corrected chi connectivity index (χ1v) is 10.4. The molecule has 1 unspecified atom stereocenters. The fourth-order valence-electron chi connectivity index (χ4n) is 4.02. The summed E-state index contributed by atoms with van der Waals surface area (Å²) in [6.45, 7) is 4.13. The molecular weight excluding hydrogens is 396 g/mol. The molecule has 1 saturated heterocycles. The second kappa shape index (κ2) is 8.25. The van der Waals surface area contributed by atoms with Crippen molar-refractivity contribution < 1.29 is 14.3 Å². The Kier molecular flexibility index (Phi) is 5.15. The molecule has 1 fully saturated rings. The highest BCUT2D eigenvalue weighted by molar-refractivity contribution is 5.79. The molecular formula is C22H24N6O3. The third kappa shape index (κ3) is 4.03. The average Bonchev–Trinajstić information content (AvgIpc) is 3.46. The summed E-state index contributed by atoms with van der Waals surface area (Å²) < 4.78 is 12.6. The van der Waals surface area contributed by atoms with Crippen LogP contribution in [0.1, 0.15) is 24.2 Å². The van der Waals surface area contributed by atoms with Crippen molar-refractivity contribution >= 4 is 11.7 Å². The standard InChI is InChI=1S/C22H24N6O3/c1-15-23-8-10-28(15)21-7-6-20(25-26-21)27-9-2-3-17(13-27)22(29)24-12-16-4-5-18-19(11-16)31-14-30-18/h4-8,10-11,17H,2-3,9,12-14H2,1H3,(H,24,29). The second-order valence-corrected chi connectivity index (χ2v) is 7.78. The average molecular weight is 420 g/mol. The van der Waals surface area contributed by atoms with Crippen LogP contribution in [0.4, 0.5) is 5.82 Å². The van der Waals surface area contributed by atoms with Crippen molar-refractivity contribution in [3.8, 4) is 17.3 Å². The number of anilines is 1. The molecule has 9 nitrogen and oxygen atoms in total. The zero-order valence-electron chi connectivity index (χ0n) is 17.3.